The summed E-state index contributed by atoms with van der Waals surface area (Å²) in [5.74, 6) is -0.815. The number of rotatable bonds is 3. The summed E-state index contributed by atoms with van der Waals surface area (Å²) < 4.78 is 0. The van der Waals surface area contributed by atoms with Gasteiger partial charge in [-0.05, 0) is 47.5 Å². The third-order valence-electron chi connectivity index (χ3n) is 3.77. The lowest BCUT2D eigenvalue weighted by molar-refractivity contribution is 0.0700. The average Bonchev–Trinajstić information content (AvgIpc) is 2.79. The lowest BCUT2D eigenvalue weighted by atomic mass is 10.0. The highest BCUT2D eigenvalue weighted by Crippen LogP contribution is 2.23. The normalized spacial score (nSPS) is 15.6. The molecule has 1 N–H and O–H groups in total. The minimum absolute atomic E-state index is 0.475. The Hall–Kier alpha value is -1.65. The van der Waals surface area contributed by atoms with Crippen LogP contribution in [0.15, 0.2) is 35.7 Å². The van der Waals surface area contributed by atoms with Crippen molar-refractivity contribution in [2.75, 3.05) is 6.54 Å². The van der Waals surface area contributed by atoms with Crippen LogP contribution in [-0.2, 0) is 19.5 Å². The minimum atomic E-state index is -0.815. The first-order valence-corrected chi connectivity index (χ1v) is 7.71. The van der Waals surface area contributed by atoms with Crippen molar-refractivity contribution >= 4 is 17.3 Å². The van der Waals surface area contributed by atoms with Gasteiger partial charge in [-0.3, -0.25) is 4.90 Å². The maximum absolute atomic E-state index is 11.2. The van der Waals surface area contributed by atoms with E-state index < -0.39 is 5.97 Å². The molecule has 1 aliphatic heterocycles. The van der Waals surface area contributed by atoms with Crippen molar-refractivity contribution in [3.63, 3.8) is 0 Å². The molecule has 104 valence electrons. The van der Waals surface area contributed by atoms with Crippen LogP contribution in [0.5, 0.6) is 0 Å². The summed E-state index contributed by atoms with van der Waals surface area (Å²) in [4.78, 5) is 14.0. The Balaban J connectivity index is 1.78. The predicted molar refractivity (Wildman–Crippen MR) is 80.2 cm³/mol. The van der Waals surface area contributed by atoms with Gasteiger partial charge < -0.3 is 5.11 Å². The molecule has 0 bridgehead atoms. The Kier molecular flexibility index (Phi) is 3.85. The van der Waals surface area contributed by atoms with E-state index in [-0.39, 0.29) is 0 Å². The van der Waals surface area contributed by atoms with Gasteiger partial charge in [-0.25, -0.2) is 4.79 Å². The molecule has 3 nitrogen and oxygen atoms in total. The molecule has 3 rings (SSSR count). The van der Waals surface area contributed by atoms with Crippen molar-refractivity contribution in [2.24, 2.45) is 0 Å². The molecular formula is C16H17NO2S. The van der Waals surface area contributed by atoms with Crippen LogP contribution in [0.1, 0.15) is 32.8 Å². The van der Waals surface area contributed by atoms with Crippen LogP contribution in [0.3, 0.4) is 0 Å². The lowest BCUT2D eigenvalue weighted by Crippen LogP contribution is -2.23. The molecule has 2 heterocycles. The Labute approximate surface area is 122 Å². The van der Waals surface area contributed by atoms with E-state index >= 15 is 0 Å². The number of fused-ring (bicyclic) bond motifs is 1. The molecule has 1 aromatic carbocycles. The zero-order valence-corrected chi connectivity index (χ0v) is 12.0. The molecule has 0 radical (unpaired) electrons. The first kappa shape index (κ1) is 13.3. The Morgan fingerprint density at radius 3 is 2.85 bits per heavy atom. The fourth-order valence-corrected chi connectivity index (χ4v) is 3.55. The molecule has 20 heavy (non-hydrogen) atoms. The molecular weight excluding hydrogens is 270 g/mol. The number of carboxylic acids is 1. The predicted octanol–water partition coefficient (Wildman–Crippen LogP) is 3.39. The summed E-state index contributed by atoms with van der Waals surface area (Å²) in [6.07, 6.45) is 2.24. The van der Waals surface area contributed by atoms with Crippen LogP contribution in [0.2, 0.25) is 0 Å². The highest BCUT2D eigenvalue weighted by atomic mass is 32.1. The van der Waals surface area contributed by atoms with Gasteiger partial charge in [0.2, 0.25) is 0 Å². The van der Waals surface area contributed by atoms with E-state index in [1.807, 2.05) is 11.4 Å². The van der Waals surface area contributed by atoms with Crippen LogP contribution in [0, 0.1) is 0 Å². The molecule has 2 aromatic rings. The number of benzene rings is 1. The summed E-state index contributed by atoms with van der Waals surface area (Å²) >= 11 is 1.31. The number of aryl methyl sites for hydroxylation is 1. The van der Waals surface area contributed by atoms with Gasteiger partial charge in [0.05, 0.1) is 0 Å². The van der Waals surface area contributed by atoms with E-state index in [1.54, 1.807) is 0 Å². The number of carboxylic acid groups (broad SMARTS) is 1. The Bertz CT molecular complexity index is 620. The molecule has 0 unspecified atom stereocenters. The topological polar surface area (TPSA) is 40.5 Å². The molecule has 0 aliphatic carbocycles. The van der Waals surface area contributed by atoms with Crippen molar-refractivity contribution in [2.45, 2.75) is 25.9 Å². The fourth-order valence-electron chi connectivity index (χ4n) is 2.79. The van der Waals surface area contributed by atoms with E-state index in [0.29, 0.717) is 4.88 Å². The molecule has 0 amide bonds. The Morgan fingerprint density at radius 2 is 2.05 bits per heavy atom. The smallest absolute Gasteiger partial charge is 0.346 e. The number of hydrogen-bond acceptors (Lipinski definition) is 3. The van der Waals surface area contributed by atoms with Gasteiger partial charge in [0, 0.05) is 13.1 Å². The van der Waals surface area contributed by atoms with Crippen molar-refractivity contribution < 1.29 is 9.90 Å². The number of hydrogen-bond donors (Lipinski definition) is 1. The fraction of sp³-hybridized carbons (Fsp3) is 0.312. The van der Waals surface area contributed by atoms with Crippen molar-refractivity contribution in [1.29, 1.82) is 0 Å². The molecule has 0 fully saturated rings. The number of aromatic carboxylic acids is 1. The van der Waals surface area contributed by atoms with Crippen molar-refractivity contribution in [3.05, 3.63) is 57.3 Å². The van der Waals surface area contributed by atoms with Gasteiger partial charge in [0.15, 0.2) is 0 Å². The lowest BCUT2D eigenvalue weighted by Gasteiger charge is -2.20. The van der Waals surface area contributed by atoms with E-state index in [2.05, 4.69) is 29.2 Å². The molecule has 0 atom stereocenters. The SMILES string of the molecule is O=C(O)c1sccc1CN1CCCc2ccccc2C1. The third-order valence-corrected chi connectivity index (χ3v) is 4.71. The summed E-state index contributed by atoms with van der Waals surface area (Å²) in [6.45, 7) is 2.65. The van der Waals surface area contributed by atoms with E-state index in [4.69, 9.17) is 0 Å². The molecule has 0 saturated heterocycles. The quantitative estimate of drug-likeness (QED) is 0.940. The van der Waals surface area contributed by atoms with Crippen LogP contribution in [0.4, 0.5) is 0 Å². The second kappa shape index (κ2) is 5.77. The Morgan fingerprint density at radius 1 is 1.25 bits per heavy atom. The number of thiophene rings is 1. The molecule has 4 heteroatoms. The van der Waals surface area contributed by atoms with Crippen molar-refractivity contribution in [1.82, 2.24) is 4.90 Å². The van der Waals surface area contributed by atoms with Crippen molar-refractivity contribution in [3.8, 4) is 0 Å². The van der Waals surface area contributed by atoms with Crippen LogP contribution in [-0.4, -0.2) is 22.5 Å². The van der Waals surface area contributed by atoms with E-state index in [1.165, 1.54) is 22.5 Å². The summed E-state index contributed by atoms with van der Waals surface area (Å²) in [6, 6.07) is 10.5. The average molecular weight is 287 g/mol. The number of carbonyl (C=O) groups is 1. The third kappa shape index (κ3) is 2.76. The van der Waals surface area contributed by atoms with Gasteiger partial charge in [0.25, 0.3) is 0 Å². The van der Waals surface area contributed by atoms with Gasteiger partial charge in [-0.15, -0.1) is 11.3 Å². The standard InChI is InChI=1S/C16H17NO2S/c18-16(19)15-14(7-9-20-15)11-17-8-3-6-12-4-1-2-5-13(12)10-17/h1-2,4-5,7,9H,3,6,8,10-11H2,(H,18,19). The van der Waals surface area contributed by atoms with Crippen LogP contribution >= 0.6 is 11.3 Å². The summed E-state index contributed by atoms with van der Waals surface area (Å²) in [5.41, 5.74) is 3.73. The minimum Gasteiger partial charge on any atom is -0.477 e. The van der Waals surface area contributed by atoms with Gasteiger partial charge >= 0.3 is 5.97 Å². The first-order chi connectivity index (χ1) is 9.74. The van der Waals surface area contributed by atoms with Gasteiger partial charge in [-0.2, -0.15) is 0 Å². The molecule has 0 spiro atoms. The summed E-state index contributed by atoms with van der Waals surface area (Å²) in [5, 5.41) is 11.1. The highest BCUT2D eigenvalue weighted by molar-refractivity contribution is 7.12. The van der Waals surface area contributed by atoms with Crippen LogP contribution in [0.25, 0.3) is 0 Å². The van der Waals surface area contributed by atoms with E-state index in [0.717, 1.165) is 38.0 Å². The second-order valence-corrected chi connectivity index (χ2v) is 6.08. The van der Waals surface area contributed by atoms with E-state index in [9.17, 15) is 9.90 Å². The first-order valence-electron chi connectivity index (χ1n) is 6.83. The maximum atomic E-state index is 11.2. The number of nitrogens with zero attached hydrogens (tertiary/aromatic N) is 1. The molecule has 0 saturated carbocycles. The van der Waals surface area contributed by atoms with Crippen LogP contribution < -0.4 is 0 Å². The molecule has 1 aliphatic rings. The highest BCUT2D eigenvalue weighted by Gasteiger charge is 2.18. The zero-order chi connectivity index (χ0) is 13.9. The van der Waals surface area contributed by atoms with Gasteiger partial charge in [-0.1, -0.05) is 24.3 Å². The van der Waals surface area contributed by atoms with Gasteiger partial charge in [0.1, 0.15) is 4.88 Å². The zero-order valence-electron chi connectivity index (χ0n) is 11.2. The summed E-state index contributed by atoms with van der Waals surface area (Å²) in [7, 11) is 0. The maximum Gasteiger partial charge on any atom is 0.346 e. The largest absolute Gasteiger partial charge is 0.477 e. The molecule has 1 aromatic heterocycles. The second-order valence-electron chi connectivity index (χ2n) is 5.16. The monoisotopic (exact) mass is 287 g/mol.